The first-order chi connectivity index (χ1) is 27.2. The molecule has 0 amide bonds. The molecule has 12 aromatic rings. The topological polar surface area (TPSA) is 55.6 Å². The van der Waals surface area contributed by atoms with Crippen molar-refractivity contribution >= 4 is 104 Å². The molecule has 0 radical (unpaired) electrons. The van der Waals surface area contributed by atoms with Gasteiger partial charge < -0.3 is 18.2 Å². The van der Waals surface area contributed by atoms with Gasteiger partial charge in [0.25, 0.3) is 0 Å². The Bertz CT molecular complexity index is 3440. The lowest BCUT2D eigenvalue weighted by Gasteiger charge is -2.26. The molecular formula is C49H28N2O3S. The van der Waals surface area contributed by atoms with Crippen LogP contribution in [0.3, 0.4) is 0 Å². The van der Waals surface area contributed by atoms with Crippen LogP contribution in [0.1, 0.15) is 0 Å². The van der Waals surface area contributed by atoms with Crippen LogP contribution in [0, 0.1) is 0 Å². The van der Waals surface area contributed by atoms with Crippen molar-refractivity contribution in [2.45, 2.75) is 0 Å². The van der Waals surface area contributed by atoms with Crippen molar-refractivity contribution in [3.8, 4) is 22.6 Å². The zero-order valence-corrected chi connectivity index (χ0v) is 30.0. The van der Waals surface area contributed by atoms with Crippen molar-refractivity contribution in [3.05, 3.63) is 170 Å². The van der Waals surface area contributed by atoms with E-state index in [1.807, 2.05) is 72.0 Å². The highest BCUT2D eigenvalue weighted by atomic mass is 32.1. The molecule has 6 heteroatoms. The fraction of sp³-hybridized carbons (Fsp3) is 0. The van der Waals surface area contributed by atoms with Crippen molar-refractivity contribution in [1.82, 2.24) is 4.98 Å². The quantitative estimate of drug-likeness (QED) is 0.177. The van der Waals surface area contributed by atoms with Gasteiger partial charge in [-0.05, 0) is 102 Å². The summed E-state index contributed by atoms with van der Waals surface area (Å²) in [5.41, 5.74) is 11.1. The van der Waals surface area contributed by atoms with Gasteiger partial charge in [0.1, 0.15) is 27.8 Å². The molecule has 0 saturated heterocycles. The third-order valence-electron chi connectivity index (χ3n) is 10.7. The third kappa shape index (κ3) is 4.75. The van der Waals surface area contributed by atoms with E-state index in [9.17, 15) is 0 Å². The maximum absolute atomic E-state index is 6.41. The lowest BCUT2D eigenvalue weighted by Crippen LogP contribution is -2.09. The molecule has 0 N–H and O–H groups in total. The number of oxazole rings is 1. The Balaban J connectivity index is 0.984. The number of hydrogen-bond acceptors (Lipinski definition) is 6. The van der Waals surface area contributed by atoms with Gasteiger partial charge in [0.15, 0.2) is 5.58 Å². The second-order valence-corrected chi connectivity index (χ2v) is 15.0. The Labute approximate surface area is 317 Å². The second kappa shape index (κ2) is 11.7. The monoisotopic (exact) mass is 724 g/mol. The molecule has 12 rings (SSSR count). The van der Waals surface area contributed by atoms with Gasteiger partial charge >= 0.3 is 0 Å². The molecule has 5 nitrogen and oxygen atoms in total. The first-order valence-electron chi connectivity index (χ1n) is 18.3. The van der Waals surface area contributed by atoms with Gasteiger partial charge in [-0.25, -0.2) is 4.98 Å². The predicted molar refractivity (Wildman–Crippen MR) is 227 cm³/mol. The molecular weight excluding hydrogens is 697 g/mol. The maximum atomic E-state index is 6.41. The van der Waals surface area contributed by atoms with E-state index in [0.717, 1.165) is 88.7 Å². The minimum Gasteiger partial charge on any atom is -0.456 e. The van der Waals surface area contributed by atoms with Crippen LogP contribution in [0.2, 0.25) is 0 Å². The molecule has 0 saturated carbocycles. The smallest absolute Gasteiger partial charge is 0.227 e. The molecule has 0 atom stereocenters. The largest absolute Gasteiger partial charge is 0.456 e. The van der Waals surface area contributed by atoms with Crippen molar-refractivity contribution < 1.29 is 13.3 Å². The van der Waals surface area contributed by atoms with Crippen LogP contribution in [0.15, 0.2) is 183 Å². The molecule has 0 aliphatic heterocycles. The van der Waals surface area contributed by atoms with Gasteiger partial charge in [-0.15, -0.1) is 11.3 Å². The van der Waals surface area contributed by atoms with E-state index in [-0.39, 0.29) is 0 Å². The fourth-order valence-electron chi connectivity index (χ4n) is 8.09. The lowest BCUT2D eigenvalue weighted by molar-refractivity contribution is 0.622. The summed E-state index contributed by atoms with van der Waals surface area (Å²) in [5.74, 6) is 0.597. The summed E-state index contributed by atoms with van der Waals surface area (Å²) in [7, 11) is 0. The standard InChI is InChI=1S/C49H28N2O3S/c1-2-8-30(9-3-1)49-50-40-22-24-43-47(48(40)54-49)39-26-31(16-23-42(39)52-43)29-14-17-32(18-15-29)51(33-20-25-46-38(27-33)37-11-5-7-13-45(37)55-46)34-19-21-36-35-10-4-6-12-41(35)53-44(36)28-34/h1-28H. The number of para-hydroxylation sites is 1. The number of furan rings is 2. The number of aromatic nitrogens is 1. The molecule has 55 heavy (non-hydrogen) atoms. The number of nitrogens with zero attached hydrogens (tertiary/aromatic N) is 2. The van der Waals surface area contributed by atoms with E-state index in [2.05, 4.69) is 114 Å². The molecule has 0 fully saturated rings. The van der Waals surface area contributed by atoms with E-state index in [1.54, 1.807) is 0 Å². The number of benzene rings is 8. The van der Waals surface area contributed by atoms with Gasteiger partial charge in [-0.3, -0.25) is 0 Å². The van der Waals surface area contributed by atoms with Crippen molar-refractivity contribution in [2.24, 2.45) is 0 Å². The zero-order valence-electron chi connectivity index (χ0n) is 29.2. The highest BCUT2D eigenvalue weighted by Crippen LogP contribution is 2.43. The van der Waals surface area contributed by atoms with Gasteiger partial charge in [-0.1, -0.05) is 72.8 Å². The number of rotatable bonds is 5. The number of hydrogen-bond donors (Lipinski definition) is 0. The lowest BCUT2D eigenvalue weighted by atomic mass is 10.0. The van der Waals surface area contributed by atoms with E-state index in [0.29, 0.717) is 5.89 Å². The van der Waals surface area contributed by atoms with Gasteiger partial charge in [0.05, 0.1) is 5.39 Å². The van der Waals surface area contributed by atoms with Crippen LogP contribution >= 0.6 is 11.3 Å². The second-order valence-electron chi connectivity index (χ2n) is 13.9. The average molecular weight is 725 g/mol. The molecule has 0 aliphatic rings. The Morgan fingerprint density at radius 3 is 1.98 bits per heavy atom. The van der Waals surface area contributed by atoms with Crippen molar-refractivity contribution in [2.75, 3.05) is 4.90 Å². The molecule has 258 valence electrons. The SMILES string of the molecule is c1ccc(-c2nc3ccc4oc5ccc(-c6ccc(N(c7ccc8c(c7)oc7ccccc78)c7ccc8sc9ccccc9c8c7)cc6)cc5c4c3o2)cc1. The first-order valence-corrected chi connectivity index (χ1v) is 19.1. The van der Waals surface area contributed by atoms with Crippen LogP contribution < -0.4 is 4.90 Å². The summed E-state index contributed by atoms with van der Waals surface area (Å²) >= 11 is 1.83. The summed E-state index contributed by atoms with van der Waals surface area (Å²) in [5, 5.41) is 6.68. The summed E-state index contributed by atoms with van der Waals surface area (Å²) in [6.45, 7) is 0. The summed E-state index contributed by atoms with van der Waals surface area (Å²) in [4.78, 5) is 7.13. The van der Waals surface area contributed by atoms with Crippen LogP contribution in [-0.4, -0.2) is 4.98 Å². The van der Waals surface area contributed by atoms with E-state index in [1.165, 1.54) is 20.2 Å². The van der Waals surface area contributed by atoms with E-state index in [4.69, 9.17) is 18.2 Å². The van der Waals surface area contributed by atoms with Gasteiger partial charge in [0.2, 0.25) is 5.89 Å². The highest BCUT2D eigenvalue weighted by Gasteiger charge is 2.19. The maximum Gasteiger partial charge on any atom is 0.227 e. The molecule has 4 aromatic heterocycles. The highest BCUT2D eigenvalue weighted by molar-refractivity contribution is 7.25. The molecule has 0 spiro atoms. The van der Waals surface area contributed by atoms with E-state index < -0.39 is 0 Å². The Kier molecular flexibility index (Phi) is 6.44. The fourth-order valence-corrected chi connectivity index (χ4v) is 9.17. The summed E-state index contributed by atoms with van der Waals surface area (Å²) < 4.78 is 21.7. The molecule has 8 aromatic carbocycles. The summed E-state index contributed by atoms with van der Waals surface area (Å²) in [6.07, 6.45) is 0. The van der Waals surface area contributed by atoms with Gasteiger partial charge in [0, 0.05) is 65.0 Å². The normalized spacial score (nSPS) is 12.0. The number of thiophene rings is 1. The van der Waals surface area contributed by atoms with Crippen LogP contribution in [0.5, 0.6) is 0 Å². The van der Waals surface area contributed by atoms with Crippen molar-refractivity contribution in [1.29, 1.82) is 0 Å². The van der Waals surface area contributed by atoms with Crippen LogP contribution in [-0.2, 0) is 0 Å². The number of anilines is 3. The Morgan fingerprint density at radius 1 is 0.400 bits per heavy atom. The van der Waals surface area contributed by atoms with Crippen LogP contribution in [0.25, 0.3) is 97.7 Å². The molecule has 0 bridgehead atoms. The van der Waals surface area contributed by atoms with Crippen molar-refractivity contribution in [3.63, 3.8) is 0 Å². The Hall–Kier alpha value is -7.15. The van der Waals surface area contributed by atoms with Crippen LogP contribution in [0.4, 0.5) is 17.1 Å². The number of fused-ring (bicyclic) bond motifs is 11. The first kappa shape index (κ1) is 30.3. The molecule has 0 aliphatic carbocycles. The minimum atomic E-state index is 0.597. The minimum absolute atomic E-state index is 0.597. The average Bonchev–Trinajstić information content (AvgIpc) is 4.02. The summed E-state index contributed by atoms with van der Waals surface area (Å²) in [6, 6.07) is 59.3. The van der Waals surface area contributed by atoms with E-state index >= 15 is 0 Å². The Morgan fingerprint density at radius 2 is 1.07 bits per heavy atom. The third-order valence-corrected chi connectivity index (χ3v) is 11.9. The predicted octanol–water partition coefficient (Wildman–Crippen LogP) is 14.8. The molecule has 4 heterocycles. The van der Waals surface area contributed by atoms with Gasteiger partial charge in [-0.2, -0.15) is 0 Å². The zero-order chi connectivity index (χ0) is 36.0. The molecule has 0 unspecified atom stereocenters.